The summed E-state index contributed by atoms with van der Waals surface area (Å²) in [6, 6.07) is 8.23. The average Bonchev–Trinajstić information content (AvgIpc) is 3.21. The Bertz CT molecular complexity index is 642. The number of nitrogens with zero attached hydrogens (tertiary/aromatic N) is 3. The third-order valence-electron chi connectivity index (χ3n) is 6.14. The summed E-state index contributed by atoms with van der Waals surface area (Å²) < 4.78 is 16.7. The number of carbonyl (C=O) groups excluding carboxylic acids is 1. The number of rotatable bonds is 5. The predicted molar refractivity (Wildman–Crippen MR) is 107 cm³/mol. The molecule has 0 saturated carbocycles. The molecule has 3 aliphatic rings. The van der Waals surface area contributed by atoms with Crippen LogP contribution in [0.25, 0.3) is 0 Å². The van der Waals surface area contributed by atoms with Crippen molar-refractivity contribution in [3.8, 4) is 5.75 Å². The van der Waals surface area contributed by atoms with E-state index in [1.54, 1.807) is 7.11 Å². The summed E-state index contributed by atoms with van der Waals surface area (Å²) in [5, 5.41) is 0. The second kappa shape index (κ2) is 8.68. The van der Waals surface area contributed by atoms with Crippen LogP contribution in [0.2, 0.25) is 0 Å². The minimum Gasteiger partial charge on any atom is -0.497 e. The highest BCUT2D eigenvalue weighted by Gasteiger charge is 2.40. The molecule has 0 aromatic heterocycles. The van der Waals surface area contributed by atoms with E-state index < -0.39 is 5.79 Å². The molecular formula is C21H31N3O4. The van der Waals surface area contributed by atoms with Gasteiger partial charge in [-0.05, 0) is 24.3 Å². The van der Waals surface area contributed by atoms with Gasteiger partial charge in [-0.1, -0.05) is 0 Å². The molecule has 0 N–H and O–H groups in total. The van der Waals surface area contributed by atoms with E-state index in [2.05, 4.69) is 21.9 Å². The Morgan fingerprint density at radius 1 is 1.00 bits per heavy atom. The molecule has 154 valence electrons. The number of piperidine rings is 1. The summed E-state index contributed by atoms with van der Waals surface area (Å²) in [7, 11) is 1.69. The fourth-order valence-electron chi connectivity index (χ4n) is 4.32. The van der Waals surface area contributed by atoms with Crippen LogP contribution in [0.5, 0.6) is 5.75 Å². The fourth-order valence-corrected chi connectivity index (χ4v) is 4.32. The fraction of sp³-hybridized carbons (Fsp3) is 0.667. The van der Waals surface area contributed by atoms with Gasteiger partial charge < -0.3 is 24.0 Å². The molecule has 3 aliphatic heterocycles. The zero-order valence-corrected chi connectivity index (χ0v) is 16.8. The SMILES string of the molecule is COc1ccc(N2CCN(CCC(=O)N3CCC4(CC3)OCCO4)CC2)cc1. The lowest BCUT2D eigenvalue weighted by Gasteiger charge is -2.38. The maximum absolute atomic E-state index is 12.6. The molecule has 0 aliphatic carbocycles. The lowest BCUT2D eigenvalue weighted by atomic mass is 10.0. The molecule has 3 heterocycles. The molecule has 0 atom stereocenters. The van der Waals surface area contributed by atoms with Gasteiger partial charge in [-0.3, -0.25) is 9.69 Å². The van der Waals surface area contributed by atoms with Crippen molar-refractivity contribution in [1.29, 1.82) is 0 Å². The summed E-state index contributed by atoms with van der Waals surface area (Å²) in [6.45, 7) is 7.63. The van der Waals surface area contributed by atoms with Crippen molar-refractivity contribution >= 4 is 11.6 Å². The summed E-state index contributed by atoms with van der Waals surface area (Å²) in [5.74, 6) is 0.732. The molecule has 28 heavy (non-hydrogen) atoms. The first kappa shape index (κ1) is 19.5. The highest BCUT2D eigenvalue weighted by molar-refractivity contribution is 5.76. The molecule has 7 heteroatoms. The van der Waals surface area contributed by atoms with Gasteiger partial charge in [0.15, 0.2) is 5.79 Å². The minimum absolute atomic E-state index is 0.255. The Labute approximate surface area is 167 Å². The molecule has 1 spiro atoms. The highest BCUT2D eigenvalue weighted by Crippen LogP contribution is 2.31. The first-order valence-electron chi connectivity index (χ1n) is 10.3. The van der Waals surface area contributed by atoms with Crippen LogP contribution in [0.3, 0.4) is 0 Å². The van der Waals surface area contributed by atoms with E-state index in [4.69, 9.17) is 14.2 Å². The molecular weight excluding hydrogens is 358 g/mol. The Kier molecular flexibility index (Phi) is 6.04. The van der Waals surface area contributed by atoms with Gasteiger partial charge in [0.25, 0.3) is 0 Å². The Hall–Kier alpha value is -1.83. The van der Waals surface area contributed by atoms with Crippen molar-refractivity contribution in [3.63, 3.8) is 0 Å². The number of anilines is 1. The van der Waals surface area contributed by atoms with Crippen LogP contribution in [-0.4, -0.2) is 87.6 Å². The van der Waals surface area contributed by atoms with Crippen LogP contribution in [-0.2, 0) is 14.3 Å². The van der Waals surface area contributed by atoms with Crippen molar-refractivity contribution < 1.29 is 19.0 Å². The van der Waals surface area contributed by atoms with Gasteiger partial charge in [0.05, 0.1) is 20.3 Å². The summed E-state index contributed by atoms with van der Waals surface area (Å²) in [6.07, 6.45) is 2.18. The maximum Gasteiger partial charge on any atom is 0.223 e. The van der Waals surface area contributed by atoms with Crippen LogP contribution in [0, 0.1) is 0 Å². The Balaban J connectivity index is 1.17. The van der Waals surface area contributed by atoms with E-state index in [-0.39, 0.29) is 5.91 Å². The number of hydrogen-bond donors (Lipinski definition) is 0. The number of methoxy groups -OCH3 is 1. The summed E-state index contributed by atoms with van der Waals surface area (Å²) in [5.41, 5.74) is 1.23. The van der Waals surface area contributed by atoms with Gasteiger partial charge in [-0.15, -0.1) is 0 Å². The van der Waals surface area contributed by atoms with Crippen molar-refractivity contribution in [3.05, 3.63) is 24.3 Å². The number of likely N-dealkylation sites (tertiary alicyclic amines) is 1. The smallest absolute Gasteiger partial charge is 0.223 e. The zero-order valence-electron chi connectivity index (χ0n) is 16.8. The number of carbonyl (C=O) groups is 1. The third kappa shape index (κ3) is 4.42. The molecule has 4 rings (SSSR count). The van der Waals surface area contributed by atoms with Gasteiger partial charge >= 0.3 is 0 Å². The average molecular weight is 389 g/mol. The molecule has 1 aromatic carbocycles. The second-order valence-corrected chi connectivity index (χ2v) is 7.77. The number of benzene rings is 1. The largest absolute Gasteiger partial charge is 0.497 e. The van der Waals surface area contributed by atoms with Crippen LogP contribution >= 0.6 is 0 Å². The predicted octanol–water partition coefficient (Wildman–Crippen LogP) is 1.57. The Morgan fingerprint density at radius 3 is 2.25 bits per heavy atom. The molecule has 3 fully saturated rings. The number of ether oxygens (including phenoxy) is 3. The quantitative estimate of drug-likeness (QED) is 0.762. The van der Waals surface area contributed by atoms with E-state index in [0.717, 1.165) is 64.4 Å². The van der Waals surface area contributed by atoms with E-state index in [1.165, 1.54) is 5.69 Å². The number of hydrogen-bond acceptors (Lipinski definition) is 6. The van der Waals surface area contributed by atoms with E-state index in [0.29, 0.717) is 19.6 Å². The molecule has 7 nitrogen and oxygen atoms in total. The third-order valence-corrected chi connectivity index (χ3v) is 6.14. The molecule has 1 aromatic rings. The summed E-state index contributed by atoms with van der Waals surface area (Å²) in [4.78, 5) is 19.3. The van der Waals surface area contributed by atoms with Crippen molar-refractivity contribution in [1.82, 2.24) is 9.80 Å². The minimum atomic E-state index is -0.408. The highest BCUT2D eigenvalue weighted by atomic mass is 16.7. The molecule has 1 amide bonds. The lowest BCUT2D eigenvalue weighted by molar-refractivity contribution is -0.187. The topological polar surface area (TPSA) is 54.5 Å². The number of piperazine rings is 1. The zero-order chi connectivity index (χ0) is 19.4. The van der Waals surface area contributed by atoms with E-state index >= 15 is 0 Å². The van der Waals surface area contributed by atoms with E-state index in [9.17, 15) is 4.79 Å². The standard InChI is InChI=1S/C21H31N3O4/c1-26-19-4-2-18(3-5-19)23-14-12-22(13-15-23)9-6-20(25)24-10-7-21(8-11-24)27-16-17-28-21/h2-5H,6-17H2,1H3. The summed E-state index contributed by atoms with van der Waals surface area (Å²) >= 11 is 0. The van der Waals surface area contributed by atoms with Gasteiger partial charge in [-0.25, -0.2) is 0 Å². The van der Waals surface area contributed by atoms with E-state index in [1.807, 2.05) is 17.0 Å². The van der Waals surface area contributed by atoms with Crippen LogP contribution in [0.1, 0.15) is 19.3 Å². The number of amides is 1. The second-order valence-electron chi connectivity index (χ2n) is 7.77. The molecule has 0 radical (unpaired) electrons. The molecule has 0 unspecified atom stereocenters. The van der Waals surface area contributed by atoms with Crippen molar-refractivity contribution in [2.75, 3.05) is 71.0 Å². The van der Waals surface area contributed by atoms with Gasteiger partial charge in [-0.2, -0.15) is 0 Å². The van der Waals surface area contributed by atoms with Crippen LogP contribution in [0.4, 0.5) is 5.69 Å². The monoisotopic (exact) mass is 389 g/mol. The van der Waals surface area contributed by atoms with Crippen LogP contribution < -0.4 is 9.64 Å². The van der Waals surface area contributed by atoms with Crippen LogP contribution in [0.15, 0.2) is 24.3 Å². The van der Waals surface area contributed by atoms with Crippen molar-refractivity contribution in [2.45, 2.75) is 25.0 Å². The normalized spacial score (nSPS) is 22.6. The first-order chi connectivity index (χ1) is 13.7. The molecule has 0 bridgehead atoms. The van der Waals surface area contributed by atoms with Crippen molar-refractivity contribution in [2.24, 2.45) is 0 Å². The van der Waals surface area contributed by atoms with Gasteiger partial charge in [0.2, 0.25) is 5.91 Å². The first-order valence-corrected chi connectivity index (χ1v) is 10.3. The molecule has 3 saturated heterocycles. The lowest BCUT2D eigenvalue weighted by Crippen LogP contribution is -2.49. The Morgan fingerprint density at radius 2 is 1.64 bits per heavy atom. The maximum atomic E-state index is 12.6. The van der Waals surface area contributed by atoms with Gasteiger partial charge in [0.1, 0.15) is 5.75 Å². The van der Waals surface area contributed by atoms with Gasteiger partial charge in [0, 0.05) is 70.8 Å².